The minimum Gasteiger partial charge on any atom is -0.387 e. The lowest BCUT2D eigenvalue weighted by atomic mass is 9.93. The van der Waals surface area contributed by atoms with E-state index in [0.29, 0.717) is 6.42 Å². The van der Waals surface area contributed by atoms with Gasteiger partial charge in [-0.1, -0.05) is 78.1 Å². The normalized spacial score (nSPS) is 16.8. The van der Waals surface area contributed by atoms with E-state index in [1.165, 1.54) is 51.9 Å². The molecule has 0 aromatic rings. The fourth-order valence-electron chi connectivity index (χ4n) is 3.28. The molecule has 7 nitrogen and oxygen atoms in total. The number of unbranched alkanes of at least 4 members (excludes halogenated alkanes) is 10. The minimum absolute atomic E-state index is 0.0542. The molecule has 29 heavy (non-hydrogen) atoms. The van der Waals surface area contributed by atoms with Crippen molar-refractivity contribution in [3.8, 4) is 0 Å². The lowest BCUT2D eigenvalue weighted by Crippen LogP contribution is -2.52. The highest BCUT2D eigenvalue weighted by Crippen LogP contribution is 2.15. The van der Waals surface area contributed by atoms with Crippen molar-refractivity contribution in [1.29, 1.82) is 0 Å². The summed E-state index contributed by atoms with van der Waals surface area (Å²) in [7, 11) is 0. The van der Waals surface area contributed by atoms with E-state index in [4.69, 9.17) is 0 Å². The highest BCUT2D eigenvalue weighted by atomic mass is 16.4. The van der Waals surface area contributed by atoms with Crippen molar-refractivity contribution in [2.75, 3.05) is 0 Å². The summed E-state index contributed by atoms with van der Waals surface area (Å²) in [6, 6.07) is 0. The van der Waals surface area contributed by atoms with Gasteiger partial charge in [0.25, 0.3) is 0 Å². The SMILES string of the molecule is CCCCCCCCCCCCCC(=O)C(O)[C@@H](O)[C@@H](O)[C@H](O)[C@@H](O)C(=O)CC. The number of aliphatic hydroxyl groups is 5. The maximum Gasteiger partial charge on any atom is 0.164 e. The number of Topliss-reactive ketones (excluding diaryl/α,β-unsaturated/α-hetero) is 2. The zero-order valence-electron chi connectivity index (χ0n) is 18.1. The van der Waals surface area contributed by atoms with Crippen LogP contribution in [0.2, 0.25) is 0 Å². The van der Waals surface area contributed by atoms with Crippen molar-refractivity contribution in [1.82, 2.24) is 0 Å². The highest BCUT2D eigenvalue weighted by Gasteiger charge is 2.38. The predicted molar refractivity (Wildman–Crippen MR) is 111 cm³/mol. The molecule has 1 unspecified atom stereocenters. The summed E-state index contributed by atoms with van der Waals surface area (Å²) in [5.41, 5.74) is 0. The summed E-state index contributed by atoms with van der Waals surface area (Å²) >= 11 is 0. The van der Waals surface area contributed by atoms with Crippen LogP contribution in [-0.4, -0.2) is 67.6 Å². The van der Waals surface area contributed by atoms with E-state index in [0.717, 1.165) is 19.3 Å². The van der Waals surface area contributed by atoms with E-state index >= 15 is 0 Å². The molecular formula is C22H42O7. The first-order chi connectivity index (χ1) is 13.8. The van der Waals surface area contributed by atoms with Gasteiger partial charge in [0.15, 0.2) is 11.6 Å². The molecule has 0 aliphatic rings. The van der Waals surface area contributed by atoms with Crippen LogP contribution in [0.1, 0.15) is 97.3 Å². The molecule has 5 atom stereocenters. The molecule has 0 fully saturated rings. The second-order valence-corrected chi connectivity index (χ2v) is 7.93. The third kappa shape index (κ3) is 11.8. The number of rotatable bonds is 19. The Bertz CT molecular complexity index is 441. The maximum absolute atomic E-state index is 12.0. The second kappa shape index (κ2) is 16.9. The van der Waals surface area contributed by atoms with Crippen LogP contribution >= 0.6 is 0 Å². The third-order valence-corrected chi connectivity index (χ3v) is 5.38. The van der Waals surface area contributed by atoms with Gasteiger partial charge in [0, 0.05) is 12.8 Å². The molecule has 0 radical (unpaired) electrons. The number of ketones is 2. The quantitative estimate of drug-likeness (QED) is 0.203. The second-order valence-electron chi connectivity index (χ2n) is 7.93. The molecule has 7 heteroatoms. The molecule has 0 amide bonds. The monoisotopic (exact) mass is 418 g/mol. The van der Waals surface area contributed by atoms with E-state index in [-0.39, 0.29) is 12.8 Å². The van der Waals surface area contributed by atoms with Gasteiger partial charge in [0.05, 0.1) is 0 Å². The van der Waals surface area contributed by atoms with Gasteiger partial charge in [0.2, 0.25) is 0 Å². The van der Waals surface area contributed by atoms with Crippen molar-refractivity contribution in [3.63, 3.8) is 0 Å². The minimum atomic E-state index is -2.00. The average Bonchev–Trinajstić information content (AvgIpc) is 2.73. The summed E-state index contributed by atoms with van der Waals surface area (Å²) in [5, 5.41) is 49.0. The smallest absolute Gasteiger partial charge is 0.164 e. The van der Waals surface area contributed by atoms with Gasteiger partial charge >= 0.3 is 0 Å². The lowest BCUT2D eigenvalue weighted by Gasteiger charge is -2.28. The Morgan fingerprint density at radius 2 is 0.931 bits per heavy atom. The molecule has 0 rings (SSSR count). The Hall–Kier alpha value is -0.860. The molecule has 172 valence electrons. The van der Waals surface area contributed by atoms with Gasteiger partial charge in [-0.2, -0.15) is 0 Å². The van der Waals surface area contributed by atoms with Crippen LogP contribution in [0.4, 0.5) is 0 Å². The van der Waals surface area contributed by atoms with E-state index in [2.05, 4.69) is 6.92 Å². The largest absolute Gasteiger partial charge is 0.387 e. The van der Waals surface area contributed by atoms with Gasteiger partial charge in [-0.25, -0.2) is 0 Å². The van der Waals surface area contributed by atoms with Crippen molar-refractivity contribution >= 4 is 11.6 Å². The molecule has 0 aromatic heterocycles. The summed E-state index contributed by atoms with van der Waals surface area (Å²) < 4.78 is 0. The third-order valence-electron chi connectivity index (χ3n) is 5.38. The molecule has 0 aromatic carbocycles. The van der Waals surface area contributed by atoms with Gasteiger partial charge in [-0.15, -0.1) is 0 Å². The number of aliphatic hydroxyl groups excluding tert-OH is 5. The fraction of sp³-hybridized carbons (Fsp3) is 0.909. The molecule has 0 saturated carbocycles. The first-order valence-corrected chi connectivity index (χ1v) is 11.2. The van der Waals surface area contributed by atoms with E-state index in [1.807, 2.05) is 0 Å². The molecule has 0 bridgehead atoms. The van der Waals surface area contributed by atoms with E-state index in [9.17, 15) is 35.1 Å². The zero-order chi connectivity index (χ0) is 22.2. The van der Waals surface area contributed by atoms with E-state index < -0.39 is 42.1 Å². The van der Waals surface area contributed by atoms with Crippen LogP contribution in [0.5, 0.6) is 0 Å². The van der Waals surface area contributed by atoms with Crippen LogP contribution in [0.25, 0.3) is 0 Å². The predicted octanol–water partition coefficient (Wildman–Crippen LogP) is 2.04. The topological polar surface area (TPSA) is 135 Å². The molecule has 0 aliphatic carbocycles. The summed E-state index contributed by atoms with van der Waals surface area (Å²) in [6.45, 7) is 3.68. The Morgan fingerprint density at radius 1 is 0.552 bits per heavy atom. The Kier molecular flexibility index (Phi) is 16.4. The number of carbonyl (C=O) groups is 2. The Balaban J connectivity index is 3.99. The molecule has 0 heterocycles. The first-order valence-electron chi connectivity index (χ1n) is 11.2. The summed E-state index contributed by atoms with van der Waals surface area (Å²) in [6.07, 6.45) is 2.73. The molecule has 0 spiro atoms. The number of hydrogen-bond acceptors (Lipinski definition) is 7. The first kappa shape index (κ1) is 28.1. The highest BCUT2D eigenvalue weighted by molar-refractivity contribution is 5.84. The fourth-order valence-corrected chi connectivity index (χ4v) is 3.28. The van der Waals surface area contributed by atoms with Crippen molar-refractivity contribution in [3.05, 3.63) is 0 Å². The summed E-state index contributed by atoms with van der Waals surface area (Å²) in [4.78, 5) is 23.4. The van der Waals surface area contributed by atoms with Crippen molar-refractivity contribution in [2.24, 2.45) is 0 Å². The van der Waals surface area contributed by atoms with Crippen molar-refractivity contribution < 1.29 is 35.1 Å². The zero-order valence-corrected chi connectivity index (χ0v) is 18.1. The Morgan fingerprint density at radius 3 is 1.34 bits per heavy atom. The Labute approximate surface area is 175 Å². The number of carbonyl (C=O) groups excluding carboxylic acids is 2. The van der Waals surface area contributed by atoms with Crippen molar-refractivity contribution in [2.45, 2.75) is 128 Å². The number of hydrogen-bond donors (Lipinski definition) is 5. The maximum atomic E-state index is 12.0. The van der Waals surface area contributed by atoms with Gasteiger partial charge < -0.3 is 25.5 Å². The summed E-state index contributed by atoms with van der Waals surface area (Å²) in [5.74, 6) is -1.33. The van der Waals surface area contributed by atoms with E-state index in [1.54, 1.807) is 0 Å². The standard InChI is InChI=1S/C22H42O7/c1-3-5-6-7-8-9-10-11-12-13-14-15-17(24)19(26)21(28)22(29)20(27)18(25)16(23)4-2/h18-22,25-29H,3-15H2,1-2H3/t18-,19?,20+,21+,22-/m0/s1. The van der Waals surface area contributed by atoms with Crippen LogP contribution in [0.3, 0.4) is 0 Å². The molecular weight excluding hydrogens is 376 g/mol. The molecule has 0 saturated heterocycles. The van der Waals surface area contributed by atoms with Crippen LogP contribution in [-0.2, 0) is 9.59 Å². The molecule has 5 N–H and O–H groups in total. The van der Waals surface area contributed by atoms with Crippen LogP contribution in [0.15, 0.2) is 0 Å². The van der Waals surface area contributed by atoms with Gasteiger partial charge in [-0.05, 0) is 6.42 Å². The lowest BCUT2D eigenvalue weighted by molar-refractivity contribution is -0.158. The molecule has 0 aliphatic heterocycles. The van der Waals surface area contributed by atoms with Gasteiger partial charge in [0.1, 0.15) is 30.5 Å². The average molecular weight is 419 g/mol. The van der Waals surface area contributed by atoms with Crippen LogP contribution in [0, 0.1) is 0 Å². The van der Waals surface area contributed by atoms with Crippen LogP contribution < -0.4 is 0 Å². The van der Waals surface area contributed by atoms with Gasteiger partial charge in [-0.3, -0.25) is 9.59 Å².